The number of fused-ring (bicyclic) bond motifs is 1. The molecular formula is C30H38N6O3S. The zero-order valence-corrected chi connectivity index (χ0v) is 24.4. The molecule has 0 spiro atoms. The molecule has 1 aliphatic heterocycles. The number of aromatic nitrogens is 4. The lowest BCUT2D eigenvalue weighted by Gasteiger charge is -2.26. The SMILES string of the molecule is CCN(CC)[C@@H](C)CCC(=O)c1cc(OCCN2CCOCC2)nc(-c2cnn3ccc(-c4cccs4)nc23)c1. The average molecular weight is 563 g/mol. The molecule has 5 rings (SSSR count). The first-order valence-corrected chi connectivity index (χ1v) is 15.0. The molecule has 4 aromatic rings. The summed E-state index contributed by atoms with van der Waals surface area (Å²) in [5.41, 5.74) is 3.57. The van der Waals surface area contributed by atoms with E-state index in [0.717, 1.165) is 68.5 Å². The van der Waals surface area contributed by atoms with Crippen molar-refractivity contribution in [3.63, 3.8) is 0 Å². The number of ketones is 1. The van der Waals surface area contributed by atoms with Crippen LogP contribution in [-0.4, -0.2) is 93.8 Å². The van der Waals surface area contributed by atoms with Gasteiger partial charge in [0.1, 0.15) is 6.61 Å². The summed E-state index contributed by atoms with van der Waals surface area (Å²) in [5.74, 6) is 0.532. The molecule has 0 aromatic carbocycles. The zero-order chi connectivity index (χ0) is 27.9. The van der Waals surface area contributed by atoms with Crippen molar-refractivity contribution in [3.05, 3.63) is 53.7 Å². The third kappa shape index (κ3) is 6.75. The van der Waals surface area contributed by atoms with E-state index in [1.807, 2.05) is 29.8 Å². The van der Waals surface area contributed by atoms with E-state index in [2.05, 4.69) is 41.7 Å². The summed E-state index contributed by atoms with van der Waals surface area (Å²) in [5, 5.41) is 6.55. The number of nitrogens with zero attached hydrogens (tertiary/aromatic N) is 6. The van der Waals surface area contributed by atoms with Crippen LogP contribution in [0.1, 0.15) is 44.0 Å². The molecule has 0 unspecified atom stereocenters. The second-order valence-corrected chi connectivity index (χ2v) is 11.0. The van der Waals surface area contributed by atoms with Crippen molar-refractivity contribution in [3.8, 4) is 27.7 Å². The van der Waals surface area contributed by atoms with E-state index in [1.165, 1.54) is 0 Å². The minimum absolute atomic E-state index is 0.0874. The highest BCUT2D eigenvalue weighted by Gasteiger charge is 2.19. The van der Waals surface area contributed by atoms with Gasteiger partial charge in [-0.1, -0.05) is 19.9 Å². The molecular weight excluding hydrogens is 524 g/mol. The molecule has 9 nitrogen and oxygen atoms in total. The molecule has 0 radical (unpaired) electrons. The highest BCUT2D eigenvalue weighted by Crippen LogP contribution is 2.29. The van der Waals surface area contributed by atoms with Gasteiger partial charge >= 0.3 is 0 Å². The lowest BCUT2D eigenvalue weighted by molar-refractivity contribution is 0.0320. The summed E-state index contributed by atoms with van der Waals surface area (Å²) in [6.07, 6.45) is 4.93. The van der Waals surface area contributed by atoms with E-state index < -0.39 is 0 Å². The Labute approximate surface area is 239 Å². The first-order valence-electron chi connectivity index (χ1n) is 14.2. The Morgan fingerprint density at radius 2 is 1.98 bits per heavy atom. The Hall–Kier alpha value is -3.18. The van der Waals surface area contributed by atoms with Gasteiger partial charge in [-0.05, 0) is 50.0 Å². The number of hydrogen-bond acceptors (Lipinski definition) is 9. The third-order valence-corrected chi connectivity index (χ3v) is 8.42. The van der Waals surface area contributed by atoms with Crippen molar-refractivity contribution in [2.24, 2.45) is 0 Å². The molecule has 0 saturated carbocycles. The van der Waals surface area contributed by atoms with Crippen LogP contribution in [0.4, 0.5) is 0 Å². The van der Waals surface area contributed by atoms with E-state index >= 15 is 0 Å². The van der Waals surface area contributed by atoms with Crippen molar-refractivity contribution in [2.45, 2.75) is 39.7 Å². The Morgan fingerprint density at radius 1 is 1.15 bits per heavy atom. The number of carbonyl (C=O) groups excluding carboxylic acids is 1. The zero-order valence-electron chi connectivity index (χ0n) is 23.6. The number of Topliss-reactive ketones (excluding diaryl/α,β-unsaturated/α-hetero) is 1. The maximum Gasteiger partial charge on any atom is 0.214 e. The standard InChI is InChI=1S/C30H38N6O3S/c1-4-35(5-2)22(3)8-9-27(37)23-19-26(32-29(20-23)39-17-14-34-12-15-38-16-13-34)24-21-31-36-11-10-25(33-30(24)36)28-7-6-18-40-28/h6-7,10-11,18-22H,4-5,8-9,12-17H2,1-3H3/t22-/m0/s1. The first-order chi connectivity index (χ1) is 19.6. The molecule has 10 heteroatoms. The molecule has 40 heavy (non-hydrogen) atoms. The van der Waals surface area contributed by atoms with Gasteiger partial charge in [0.25, 0.3) is 0 Å². The van der Waals surface area contributed by atoms with Gasteiger partial charge in [0.15, 0.2) is 11.4 Å². The number of hydrogen-bond donors (Lipinski definition) is 0. The molecule has 0 aliphatic carbocycles. The highest BCUT2D eigenvalue weighted by molar-refractivity contribution is 7.13. The number of pyridine rings is 1. The number of morpholine rings is 1. The normalized spacial score (nSPS) is 15.1. The molecule has 1 aliphatic rings. The Balaban J connectivity index is 1.42. The van der Waals surface area contributed by atoms with Gasteiger partial charge in [-0.2, -0.15) is 5.10 Å². The van der Waals surface area contributed by atoms with Crippen molar-refractivity contribution in [1.29, 1.82) is 0 Å². The lowest BCUT2D eigenvalue weighted by atomic mass is 10.0. The smallest absolute Gasteiger partial charge is 0.214 e. The molecule has 0 bridgehead atoms. The highest BCUT2D eigenvalue weighted by atomic mass is 32.1. The second kappa shape index (κ2) is 13.5. The van der Waals surface area contributed by atoms with Crippen LogP contribution < -0.4 is 4.74 Å². The van der Waals surface area contributed by atoms with E-state index in [9.17, 15) is 4.79 Å². The molecule has 1 atom stereocenters. The predicted octanol–water partition coefficient (Wildman–Crippen LogP) is 4.92. The second-order valence-electron chi connectivity index (χ2n) is 10.0. The van der Waals surface area contributed by atoms with Gasteiger partial charge in [-0.25, -0.2) is 14.5 Å². The maximum atomic E-state index is 13.5. The number of rotatable bonds is 13. The number of ether oxygens (including phenoxy) is 2. The van der Waals surface area contributed by atoms with Crippen LogP contribution in [0.15, 0.2) is 48.1 Å². The molecule has 0 N–H and O–H groups in total. The first kappa shape index (κ1) is 28.4. The van der Waals surface area contributed by atoms with Gasteiger partial charge in [-0.3, -0.25) is 9.69 Å². The number of carbonyl (C=O) groups is 1. The molecule has 5 heterocycles. The topological polar surface area (TPSA) is 85.1 Å². The lowest BCUT2D eigenvalue weighted by Crippen LogP contribution is -2.38. The third-order valence-electron chi connectivity index (χ3n) is 7.53. The summed E-state index contributed by atoms with van der Waals surface area (Å²) in [6, 6.07) is 10.0. The van der Waals surface area contributed by atoms with Crippen molar-refractivity contribution < 1.29 is 14.3 Å². The minimum Gasteiger partial charge on any atom is -0.476 e. The van der Waals surface area contributed by atoms with E-state index in [4.69, 9.17) is 19.4 Å². The van der Waals surface area contributed by atoms with Crippen LogP contribution in [0, 0.1) is 0 Å². The van der Waals surface area contributed by atoms with Crippen LogP contribution in [0.2, 0.25) is 0 Å². The average Bonchev–Trinajstić information content (AvgIpc) is 3.67. The van der Waals surface area contributed by atoms with Crippen LogP contribution >= 0.6 is 11.3 Å². The summed E-state index contributed by atoms with van der Waals surface area (Å²) in [6.45, 7) is 13.0. The maximum absolute atomic E-state index is 13.5. The van der Waals surface area contributed by atoms with Gasteiger partial charge in [0.2, 0.25) is 5.88 Å². The predicted molar refractivity (Wildman–Crippen MR) is 158 cm³/mol. The van der Waals surface area contributed by atoms with Crippen LogP contribution in [0.3, 0.4) is 0 Å². The summed E-state index contributed by atoms with van der Waals surface area (Å²) >= 11 is 1.64. The van der Waals surface area contributed by atoms with Crippen LogP contribution in [-0.2, 0) is 4.74 Å². The largest absolute Gasteiger partial charge is 0.476 e. The van der Waals surface area contributed by atoms with E-state index in [0.29, 0.717) is 41.9 Å². The van der Waals surface area contributed by atoms with Crippen LogP contribution in [0.5, 0.6) is 5.88 Å². The van der Waals surface area contributed by atoms with Crippen LogP contribution in [0.25, 0.3) is 27.5 Å². The molecule has 212 valence electrons. The fraction of sp³-hybridized carbons (Fsp3) is 0.467. The van der Waals surface area contributed by atoms with Crippen molar-refractivity contribution >= 4 is 22.8 Å². The summed E-state index contributed by atoms with van der Waals surface area (Å²) in [4.78, 5) is 29.0. The summed E-state index contributed by atoms with van der Waals surface area (Å²) in [7, 11) is 0. The monoisotopic (exact) mass is 562 g/mol. The molecule has 1 saturated heterocycles. The Bertz CT molecular complexity index is 1400. The fourth-order valence-corrected chi connectivity index (χ4v) is 5.80. The minimum atomic E-state index is 0.0874. The fourth-order valence-electron chi connectivity index (χ4n) is 5.11. The van der Waals surface area contributed by atoms with Gasteiger partial charge in [0.05, 0.1) is 41.2 Å². The Morgan fingerprint density at radius 3 is 2.73 bits per heavy atom. The quantitative estimate of drug-likeness (QED) is 0.212. The van der Waals surface area contributed by atoms with E-state index in [-0.39, 0.29) is 5.78 Å². The Kier molecular flexibility index (Phi) is 9.53. The number of thiophene rings is 1. The van der Waals surface area contributed by atoms with E-state index in [1.54, 1.807) is 28.1 Å². The molecule has 1 fully saturated rings. The summed E-state index contributed by atoms with van der Waals surface area (Å²) < 4.78 is 13.3. The molecule has 4 aromatic heterocycles. The van der Waals surface area contributed by atoms with Gasteiger partial charge in [0, 0.05) is 49.9 Å². The van der Waals surface area contributed by atoms with Gasteiger partial charge in [-0.15, -0.1) is 11.3 Å². The van der Waals surface area contributed by atoms with Gasteiger partial charge < -0.3 is 14.4 Å². The molecule has 0 amide bonds. The van der Waals surface area contributed by atoms with Crippen molar-refractivity contribution in [1.82, 2.24) is 29.4 Å². The van der Waals surface area contributed by atoms with Crippen molar-refractivity contribution in [2.75, 3.05) is 52.5 Å².